The van der Waals surface area contributed by atoms with Crippen molar-refractivity contribution in [2.75, 3.05) is 5.32 Å². The summed E-state index contributed by atoms with van der Waals surface area (Å²) in [6, 6.07) is 9.64. The molecule has 4 N–H and O–H groups in total. The topological polar surface area (TPSA) is 88.2 Å². The molecule has 0 fully saturated rings. The van der Waals surface area contributed by atoms with E-state index in [2.05, 4.69) is 10.3 Å². The van der Waals surface area contributed by atoms with Crippen LogP contribution in [0.25, 0.3) is 0 Å². The van der Waals surface area contributed by atoms with Crippen LogP contribution in [0, 0.1) is 6.92 Å². The minimum Gasteiger partial charge on any atom is -0.508 e. The minimum absolute atomic E-state index is 0.191. The van der Waals surface area contributed by atoms with Crippen LogP contribution in [0.2, 0.25) is 0 Å². The number of rotatable bonds is 4. The number of nitrogens with two attached hydrogens (primary N) is 1. The third-order valence-corrected chi connectivity index (χ3v) is 2.98. The van der Waals surface area contributed by atoms with E-state index in [1.165, 1.54) is 0 Å². The molecule has 0 bridgehead atoms. The molecular formula is C15H17N3O2. The van der Waals surface area contributed by atoms with Crippen LogP contribution in [0.5, 0.6) is 5.75 Å². The average molecular weight is 271 g/mol. The van der Waals surface area contributed by atoms with Crippen molar-refractivity contribution in [3.63, 3.8) is 0 Å². The predicted molar refractivity (Wildman–Crippen MR) is 77.4 cm³/mol. The van der Waals surface area contributed by atoms with Gasteiger partial charge < -0.3 is 16.2 Å². The summed E-state index contributed by atoms with van der Waals surface area (Å²) in [6.45, 7) is 1.87. The summed E-state index contributed by atoms with van der Waals surface area (Å²) >= 11 is 0. The lowest BCUT2D eigenvalue weighted by Gasteiger charge is -2.13. The maximum Gasteiger partial charge on any atom is 0.242 e. The molecule has 1 atom stereocenters. The van der Waals surface area contributed by atoms with E-state index >= 15 is 0 Å². The Labute approximate surface area is 117 Å². The second-order valence-electron chi connectivity index (χ2n) is 4.64. The quantitative estimate of drug-likeness (QED) is 0.788. The van der Waals surface area contributed by atoms with Gasteiger partial charge in [0.2, 0.25) is 5.91 Å². The molecule has 1 amide bonds. The van der Waals surface area contributed by atoms with E-state index in [-0.39, 0.29) is 11.7 Å². The Bertz CT molecular complexity index is 596. The molecule has 0 aliphatic heterocycles. The zero-order chi connectivity index (χ0) is 14.5. The van der Waals surface area contributed by atoms with Crippen LogP contribution in [0.4, 0.5) is 5.82 Å². The van der Waals surface area contributed by atoms with Crippen molar-refractivity contribution < 1.29 is 9.90 Å². The first-order valence-corrected chi connectivity index (χ1v) is 6.32. The molecule has 104 valence electrons. The zero-order valence-electron chi connectivity index (χ0n) is 11.2. The number of carbonyl (C=O) groups is 1. The van der Waals surface area contributed by atoms with Crippen molar-refractivity contribution in [3.8, 4) is 5.75 Å². The lowest BCUT2D eigenvalue weighted by atomic mass is 10.1. The summed E-state index contributed by atoms with van der Waals surface area (Å²) in [7, 11) is 0. The summed E-state index contributed by atoms with van der Waals surface area (Å²) in [5.41, 5.74) is 7.66. The Morgan fingerprint density at radius 2 is 2.05 bits per heavy atom. The van der Waals surface area contributed by atoms with Crippen molar-refractivity contribution in [2.45, 2.75) is 19.4 Å². The second-order valence-corrected chi connectivity index (χ2v) is 4.64. The summed E-state index contributed by atoms with van der Waals surface area (Å²) in [6.07, 6.45) is 2.02. The van der Waals surface area contributed by atoms with Gasteiger partial charge in [0.15, 0.2) is 0 Å². The highest BCUT2D eigenvalue weighted by molar-refractivity contribution is 5.94. The molecule has 20 heavy (non-hydrogen) atoms. The van der Waals surface area contributed by atoms with Gasteiger partial charge in [-0.25, -0.2) is 4.98 Å². The van der Waals surface area contributed by atoms with Crippen LogP contribution >= 0.6 is 0 Å². The number of nitrogens with zero attached hydrogens (tertiary/aromatic N) is 1. The summed E-state index contributed by atoms with van der Waals surface area (Å²) < 4.78 is 0. The van der Waals surface area contributed by atoms with Gasteiger partial charge in [-0.2, -0.15) is 0 Å². The van der Waals surface area contributed by atoms with E-state index in [1.807, 2.05) is 13.0 Å². The first-order valence-electron chi connectivity index (χ1n) is 6.32. The van der Waals surface area contributed by atoms with E-state index in [4.69, 9.17) is 5.73 Å². The van der Waals surface area contributed by atoms with Crippen LogP contribution in [0.15, 0.2) is 42.6 Å². The minimum atomic E-state index is -0.666. The number of carbonyl (C=O) groups excluding carboxylic acids is 1. The zero-order valence-corrected chi connectivity index (χ0v) is 11.2. The van der Waals surface area contributed by atoms with Gasteiger partial charge in [0, 0.05) is 6.20 Å². The molecule has 0 aliphatic rings. The Morgan fingerprint density at radius 1 is 1.35 bits per heavy atom. The van der Waals surface area contributed by atoms with E-state index in [1.54, 1.807) is 36.5 Å². The Kier molecular flexibility index (Phi) is 4.32. The van der Waals surface area contributed by atoms with Gasteiger partial charge in [-0.1, -0.05) is 18.2 Å². The fourth-order valence-electron chi connectivity index (χ4n) is 1.80. The van der Waals surface area contributed by atoms with Crippen LogP contribution in [-0.2, 0) is 11.2 Å². The number of aromatic nitrogens is 1. The number of phenolic OH excluding ortho intramolecular Hbond substituents is 1. The number of nitrogens with one attached hydrogen (secondary N) is 1. The normalized spacial score (nSPS) is 11.9. The molecule has 0 aliphatic carbocycles. The number of pyridine rings is 1. The third kappa shape index (κ3) is 3.55. The molecule has 0 saturated carbocycles. The maximum atomic E-state index is 12.0. The van der Waals surface area contributed by atoms with E-state index in [9.17, 15) is 9.90 Å². The molecule has 0 saturated heterocycles. The summed E-state index contributed by atoms with van der Waals surface area (Å²) in [5.74, 6) is 0.439. The van der Waals surface area contributed by atoms with Crippen LogP contribution in [0.1, 0.15) is 11.1 Å². The molecule has 2 aromatic rings. The number of benzene rings is 1. The number of aromatic hydroxyl groups is 1. The van der Waals surface area contributed by atoms with Gasteiger partial charge in [-0.05, 0) is 42.7 Å². The molecule has 0 radical (unpaired) electrons. The fraction of sp³-hybridized carbons (Fsp3) is 0.200. The average Bonchev–Trinajstić information content (AvgIpc) is 2.44. The SMILES string of the molecule is Cc1cccnc1NC(=O)[C@@H](N)Cc1ccc(O)cc1. The largest absolute Gasteiger partial charge is 0.508 e. The first kappa shape index (κ1) is 14.0. The third-order valence-electron chi connectivity index (χ3n) is 2.98. The smallest absolute Gasteiger partial charge is 0.242 e. The Balaban J connectivity index is 1.99. The monoisotopic (exact) mass is 271 g/mol. The number of hydrogen-bond donors (Lipinski definition) is 3. The first-order chi connectivity index (χ1) is 9.56. The molecule has 2 rings (SSSR count). The molecule has 1 aromatic heterocycles. The van der Waals surface area contributed by atoms with Crippen molar-refractivity contribution in [3.05, 3.63) is 53.7 Å². The van der Waals surface area contributed by atoms with Crippen LogP contribution in [-0.4, -0.2) is 22.0 Å². The highest BCUT2D eigenvalue weighted by Gasteiger charge is 2.15. The van der Waals surface area contributed by atoms with Gasteiger partial charge >= 0.3 is 0 Å². The molecular weight excluding hydrogens is 254 g/mol. The van der Waals surface area contributed by atoms with Gasteiger partial charge in [-0.15, -0.1) is 0 Å². The molecule has 0 unspecified atom stereocenters. The van der Waals surface area contributed by atoms with Crippen molar-refractivity contribution in [1.29, 1.82) is 0 Å². The van der Waals surface area contributed by atoms with Crippen LogP contribution < -0.4 is 11.1 Å². The van der Waals surface area contributed by atoms with E-state index in [0.29, 0.717) is 12.2 Å². The standard InChI is InChI=1S/C15H17N3O2/c1-10-3-2-8-17-14(10)18-15(20)13(16)9-11-4-6-12(19)7-5-11/h2-8,13,19H,9,16H2,1H3,(H,17,18,20)/t13-/m0/s1. The molecule has 0 spiro atoms. The number of anilines is 1. The molecule has 1 aromatic carbocycles. The fourth-order valence-corrected chi connectivity index (χ4v) is 1.80. The van der Waals surface area contributed by atoms with Crippen LogP contribution in [0.3, 0.4) is 0 Å². The van der Waals surface area contributed by atoms with Crippen molar-refractivity contribution in [2.24, 2.45) is 5.73 Å². The summed E-state index contributed by atoms with van der Waals surface area (Å²) in [4.78, 5) is 16.1. The highest BCUT2D eigenvalue weighted by atomic mass is 16.3. The Morgan fingerprint density at radius 3 is 2.70 bits per heavy atom. The highest BCUT2D eigenvalue weighted by Crippen LogP contribution is 2.12. The number of aryl methyl sites for hydroxylation is 1. The lowest BCUT2D eigenvalue weighted by Crippen LogP contribution is -2.37. The molecule has 1 heterocycles. The number of hydrogen-bond acceptors (Lipinski definition) is 4. The van der Waals surface area contributed by atoms with Gasteiger partial charge in [0.1, 0.15) is 11.6 Å². The number of phenols is 1. The van der Waals surface area contributed by atoms with Crippen molar-refractivity contribution in [1.82, 2.24) is 4.98 Å². The van der Waals surface area contributed by atoms with Gasteiger partial charge in [-0.3, -0.25) is 4.79 Å². The van der Waals surface area contributed by atoms with Gasteiger partial charge in [0.05, 0.1) is 6.04 Å². The van der Waals surface area contributed by atoms with E-state index < -0.39 is 6.04 Å². The predicted octanol–water partition coefficient (Wildman–Crippen LogP) is 1.60. The second kappa shape index (κ2) is 6.16. The maximum absolute atomic E-state index is 12.0. The van der Waals surface area contributed by atoms with Gasteiger partial charge in [0.25, 0.3) is 0 Å². The van der Waals surface area contributed by atoms with E-state index in [0.717, 1.165) is 11.1 Å². The lowest BCUT2D eigenvalue weighted by molar-refractivity contribution is -0.117. The molecule has 5 nitrogen and oxygen atoms in total. The Hall–Kier alpha value is -2.40. The molecule has 5 heteroatoms. The summed E-state index contributed by atoms with van der Waals surface area (Å²) in [5, 5.41) is 11.9. The van der Waals surface area contributed by atoms with Crippen molar-refractivity contribution >= 4 is 11.7 Å². The number of amides is 1.